The number of anilines is 2. The lowest BCUT2D eigenvalue weighted by Crippen LogP contribution is -2.49. The molecule has 1 aromatic carbocycles. The van der Waals surface area contributed by atoms with Crippen molar-refractivity contribution < 1.29 is 18.7 Å². The first kappa shape index (κ1) is 27.0. The van der Waals surface area contributed by atoms with Gasteiger partial charge in [0.15, 0.2) is 0 Å². The minimum absolute atomic E-state index is 0.0750. The van der Waals surface area contributed by atoms with Gasteiger partial charge in [0.1, 0.15) is 17.2 Å². The molecule has 2 aromatic heterocycles. The summed E-state index contributed by atoms with van der Waals surface area (Å²) in [5, 5.41) is 7.68. The first-order valence-corrected chi connectivity index (χ1v) is 12.4. The summed E-state index contributed by atoms with van der Waals surface area (Å²) in [5.74, 6) is -0.656. The Balaban J connectivity index is 1.67. The Hall–Kier alpha value is -4.05. The van der Waals surface area contributed by atoms with Crippen LogP contribution in [0, 0.1) is 5.82 Å². The molecule has 2 amide bonds. The number of rotatable bonds is 5. The van der Waals surface area contributed by atoms with Crippen LogP contribution in [0.2, 0.25) is 0 Å². The number of carbonyl (C=O) groups is 2. The van der Waals surface area contributed by atoms with Gasteiger partial charge in [-0.3, -0.25) is 9.78 Å². The number of ether oxygens (including phenoxy) is 1. The third-order valence-corrected chi connectivity index (χ3v) is 6.03. The molecule has 9 nitrogen and oxygen atoms in total. The molecule has 0 unspecified atom stereocenters. The third kappa shape index (κ3) is 6.44. The van der Waals surface area contributed by atoms with E-state index in [-0.39, 0.29) is 17.5 Å². The number of aromatic nitrogens is 2. The molecule has 0 saturated carbocycles. The van der Waals surface area contributed by atoms with Crippen molar-refractivity contribution in [3.05, 3.63) is 83.1 Å². The molecule has 0 saturated heterocycles. The lowest BCUT2D eigenvalue weighted by Gasteiger charge is -2.34. The Labute approximate surface area is 221 Å². The van der Waals surface area contributed by atoms with E-state index in [0.717, 1.165) is 18.3 Å². The van der Waals surface area contributed by atoms with E-state index in [0.29, 0.717) is 23.7 Å². The number of amides is 2. The van der Waals surface area contributed by atoms with E-state index in [9.17, 15) is 14.0 Å². The summed E-state index contributed by atoms with van der Waals surface area (Å²) in [4.78, 5) is 35.1. The molecule has 0 spiro atoms. The summed E-state index contributed by atoms with van der Waals surface area (Å²) >= 11 is 0. The molecule has 200 valence electrons. The largest absolute Gasteiger partial charge is 0.443 e. The van der Waals surface area contributed by atoms with Crippen molar-refractivity contribution in [3.8, 4) is 0 Å². The molecule has 10 heteroatoms. The molecule has 1 aliphatic heterocycles. The number of halogens is 1. The van der Waals surface area contributed by atoms with Gasteiger partial charge in [-0.05, 0) is 68.3 Å². The van der Waals surface area contributed by atoms with Gasteiger partial charge in [-0.2, -0.15) is 0 Å². The Morgan fingerprint density at radius 2 is 1.95 bits per heavy atom. The predicted octanol–water partition coefficient (Wildman–Crippen LogP) is 4.70. The number of carbonyl (C=O) groups excluding carboxylic acids is 2. The van der Waals surface area contributed by atoms with Crippen LogP contribution >= 0.6 is 0 Å². The highest BCUT2D eigenvalue weighted by atomic mass is 19.1. The van der Waals surface area contributed by atoms with Gasteiger partial charge in [-0.1, -0.05) is 19.9 Å². The molecule has 4 rings (SSSR count). The van der Waals surface area contributed by atoms with Crippen LogP contribution in [-0.4, -0.2) is 34.1 Å². The number of hydrazine groups is 1. The fraction of sp³-hybridized carbons (Fsp3) is 0.357. The van der Waals surface area contributed by atoms with Crippen LogP contribution in [0.1, 0.15) is 61.8 Å². The number of hydrogen-bond donors (Lipinski definition) is 3. The van der Waals surface area contributed by atoms with Crippen LogP contribution in [0.5, 0.6) is 0 Å². The van der Waals surface area contributed by atoms with Crippen LogP contribution in [0.15, 0.2) is 54.9 Å². The maximum Gasteiger partial charge on any atom is 0.427 e. The minimum atomic E-state index is -0.768. The van der Waals surface area contributed by atoms with E-state index in [4.69, 9.17) is 4.74 Å². The second kappa shape index (κ2) is 10.7. The second-order valence-electron chi connectivity index (χ2n) is 10.8. The molecular formula is C28H33FN6O3. The molecular weight excluding hydrogens is 487 g/mol. The number of nitrogens with one attached hydrogen (secondary N) is 3. The van der Waals surface area contributed by atoms with E-state index in [1.165, 1.54) is 16.6 Å². The molecule has 0 bridgehead atoms. The van der Waals surface area contributed by atoms with Crippen LogP contribution in [0.4, 0.5) is 20.7 Å². The average molecular weight is 521 g/mol. The van der Waals surface area contributed by atoms with Crippen molar-refractivity contribution in [2.75, 3.05) is 16.9 Å². The molecule has 1 aliphatic rings. The van der Waals surface area contributed by atoms with Gasteiger partial charge in [0.2, 0.25) is 0 Å². The van der Waals surface area contributed by atoms with Crippen LogP contribution in [-0.2, 0) is 23.2 Å². The first-order valence-electron chi connectivity index (χ1n) is 12.4. The fourth-order valence-corrected chi connectivity index (χ4v) is 4.28. The Morgan fingerprint density at radius 1 is 1.16 bits per heavy atom. The van der Waals surface area contributed by atoms with Gasteiger partial charge in [0.25, 0.3) is 5.91 Å². The number of pyridine rings is 2. The van der Waals surface area contributed by atoms with Gasteiger partial charge in [0, 0.05) is 24.7 Å². The van der Waals surface area contributed by atoms with Crippen molar-refractivity contribution in [2.24, 2.45) is 0 Å². The highest BCUT2D eigenvalue weighted by Crippen LogP contribution is 2.32. The van der Waals surface area contributed by atoms with Gasteiger partial charge in [-0.25, -0.2) is 24.6 Å². The van der Waals surface area contributed by atoms with Crippen LogP contribution < -0.4 is 21.1 Å². The van der Waals surface area contributed by atoms with Gasteiger partial charge in [-0.15, -0.1) is 0 Å². The van der Waals surface area contributed by atoms with Crippen molar-refractivity contribution in [1.82, 2.24) is 20.7 Å². The zero-order chi connectivity index (χ0) is 27.5. The summed E-state index contributed by atoms with van der Waals surface area (Å²) in [6.07, 6.45) is 1.91. The Morgan fingerprint density at radius 3 is 2.66 bits per heavy atom. The van der Waals surface area contributed by atoms with E-state index in [2.05, 4.69) is 39.9 Å². The van der Waals surface area contributed by atoms with Crippen LogP contribution in [0.3, 0.4) is 0 Å². The van der Waals surface area contributed by atoms with Gasteiger partial charge in [0.05, 0.1) is 29.7 Å². The predicted molar refractivity (Wildman–Crippen MR) is 143 cm³/mol. The minimum Gasteiger partial charge on any atom is -0.443 e. The van der Waals surface area contributed by atoms with Gasteiger partial charge < -0.3 is 15.4 Å². The number of benzene rings is 1. The van der Waals surface area contributed by atoms with Crippen molar-refractivity contribution in [2.45, 2.75) is 58.7 Å². The normalized spacial score (nSPS) is 14.3. The van der Waals surface area contributed by atoms with E-state index in [1.807, 2.05) is 18.2 Å². The van der Waals surface area contributed by atoms with Gasteiger partial charge >= 0.3 is 6.09 Å². The van der Waals surface area contributed by atoms with Crippen molar-refractivity contribution in [3.63, 3.8) is 0 Å². The lowest BCUT2D eigenvalue weighted by molar-refractivity contribution is 0.0510. The smallest absolute Gasteiger partial charge is 0.427 e. The summed E-state index contributed by atoms with van der Waals surface area (Å²) in [6.45, 7) is 11.3. The molecule has 3 aromatic rings. The van der Waals surface area contributed by atoms with Crippen molar-refractivity contribution in [1.29, 1.82) is 0 Å². The zero-order valence-corrected chi connectivity index (χ0v) is 22.3. The Kier molecular flexibility index (Phi) is 7.63. The summed E-state index contributed by atoms with van der Waals surface area (Å²) in [6, 6.07) is 11.8. The van der Waals surface area contributed by atoms with E-state index in [1.54, 1.807) is 45.2 Å². The number of nitrogens with zero attached hydrogens (tertiary/aromatic N) is 3. The SMILES string of the molecule is CC(C)(C)OC(=O)NN(C(=O)c1cccnc1NCc1ccc(F)cn1)c1ccc2c(c1)CNCC2(C)C. The van der Waals surface area contributed by atoms with E-state index < -0.39 is 23.4 Å². The topological polar surface area (TPSA) is 108 Å². The monoisotopic (exact) mass is 520 g/mol. The maximum atomic E-state index is 13.9. The number of fused-ring (bicyclic) bond motifs is 1. The summed E-state index contributed by atoms with van der Waals surface area (Å²) in [7, 11) is 0. The first-order chi connectivity index (χ1) is 17.9. The zero-order valence-electron chi connectivity index (χ0n) is 22.3. The molecule has 3 heterocycles. The molecule has 0 atom stereocenters. The summed E-state index contributed by atoms with van der Waals surface area (Å²) < 4.78 is 18.7. The molecule has 38 heavy (non-hydrogen) atoms. The lowest BCUT2D eigenvalue weighted by atomic mass is 9.79. The number of hydrogen-bond acceptors (Lipinski definition) is 7. The summed E-state index contributed by atoms with van der Waals surface area (Å²) in [5.41, 5.74) is 5.28. The quantitative estimate of drug-likeness (QED) is 0.419. The highest BCUT2D eigenvalue weighted by molar-refractivity contribution is 6.09. The third-order valence-electron chi connectivity index (χ3n) is 6.03. The second-order valence-corrected chi connectivity index (χ2v) is 10.8. The molecule has 0 fully saturated rings. The molecule has 0 radical (unpaired) electrons. The maximum absolute atomic E-state index is 13.9. The average Bonchev–Trinajstić information content (AvgIpc) is 2.85. The van der Waals surface area contributed by atoms with Crippen LogP contribution in [0.25, 0.3) is 0 Å². The van der Waals surface area contributed by atoms with Crippen molar-refractivity contribution >= 4 is 23.5 Å². The molecule has 3 N–H and O–H groups in total. The van der Waals surface area contributed by atoms with E-state index >= 15 is 0 Å². The fourth-order valence-electron chi connectivity index (χ4n) is 4.28. The standard InChI is InChI=1S/C28H33FN6O3/c1-27(2,3)38-26(37)34-35(21-10-11-23-18(13-21)14-30-17-28(23,4)5)25(36)22-7-6-12-31-24(22)33-16-20-9-8-19(29)15-32-20/h6-13,15,30H,14,16-17H2,1-5H3,(H,31,33)(H,34,37). The Bertz CT molecular complexity index is 1320. The highest BCUT2D eigenvalue weighted by Gasteiger charge is 2.30. The molecule has 0 aliphatic carbocycles.